The van der Waals surface area contributed by atoms with Gasteiger partial charge in [0.15, 0.2) is 9.84 Å². The number of halogens is 2. The molecule has 0 aliphatic carbocycles. The standard InChI is InChI=1S/C12H11Cl2N3O2S/c1-20(18,19)9-4-2-3-8(5-9)6-15-11-10(13)7-16-12(14)17-11/h2-5,7H,6H2,1H3,(H,15,16,17). The Labute approximate surface area is 126 Å². The Kier molecular flexibility index (Phi) is 4.47. The van der Waals surface area contributed by atoms with Crippen LogP contribution >= 0.6 is 23.2 Å². The first-order chi connectivity index (χ1) is 9.36. The summed E-state index contributed by atoms with van der Waals surface area (Å²) in [6, 6.07) is 6.63. The highest BCUT2D eigenvalue weighted by molar-refractivity contribution is 7.90. The van der Waals surface area contributed by atoms with E-state index in [0.29, 0.717) is 17.4 Å². The van der Waals surface area contributed by atoms with Gasteiger partial charge in [-0.1, -0.05) is 23.7 Å². The first-order valence-corrected chi connectivity index (χ1v) is 8.22. The Morgan fingerprint density at radius 3 is 2.75 bits per heavy atom. The zero-order valence-electron chi connectivity index (χ0n) is 10.5. The summed E-state index contributed by atoms with van der Waals surface area (Å²) in [5.41, 5.74) is 0.790. The fourth-order valence-electron chi connectivity index (χ4n) is 1.54. The topological polar surface area (TPSA) is 72.0 Å². The van der Waals surface area contributed by atoms with Crippen molar-refractivity contribution in [1.29, 1.82) is 0 Å². The maximum Gasteiger partial charge on any atom is 0.224 e. The number of nitrogens with zero attached hydrogens (tertiary/aromatic N) is 2. The number of anilines is 1. The number of aromatic nitrogens is 2. The average Bonchev–Trinajstić information content (AvgIpc) is 2.39. The van der Waals surface area contributed by atoms with Crippen molar-refractivity contribution in [2.75, 3.05) is 11.6 Å². The smallest absolute Gasteiger partial charge is 0.224 e. The Bertz CT molecular complexity index is 735. The van der Waals surface area contributed by atoms with E-state index >= 15 is 0 Å². The molecule has 0 radical (unpaired) electrons. The highest BCUT2D eigenvalue weighted by Crippen LogP contribution is 2.20. The molecule has 1 heterocycles. The molecule has 1 aromatic carbocycles. The summed E-state index contributed by atoms with van der Waals surface area (Å²) in [7, 11) is -3.22. The SMILES string of the molecule is CS(=O)(=O)c1cccc(CNc2nc(Cl)ncc2Cl)c1. The Morgan fingerprint density at radius 1 is 1.30 bits per heavy atom. The fraction of sp³-hybridized carbons (Fsp3) is 0.167. The van der Waals surface area contributed by atoms with Gasteiger partial charge in [-0.05, 0) is 29.3 Å². The molecule has 0 bridgehead atoms. The first-order valence-electron chi connectivity index (χ1n) is 5.57. The zero-order chi connectivity index (χ0) is 14.8. The van der Waals surface area contributed by atoms with Gasteiger partial charge in [0.05, 0.1) is 11.1 Å². The summed E-state index contributed by atoms with van der Waals surface area (Å²) in [5.74, 6) is 0.399. The summed E-state index contributed by atoms with van der Waals surface area (Å²) in [6.07, 6.45) is 2.56. The van der Waals surface area contributed by atoms with E-state index in [1.54, 1.807) is 24.3 Å². The van der Waals surface area contributed by atoms with Crippen LogP contribution in [0.3, 0.4) is 0 Å². The highest BCUT2D eigenvalue weighted by atomic mass is 35.5. The van der Waals surface area contributed by atoms with E-state index in [1.165, 1.54) is 12.5 Å². The van der Waals surface area contributed by atoms with E-state index < -0.39 is 9.84 Å². The molecule has 106 valence electrons. The third-order valence-electron chi connectivity index (χ3n) is 2.50. The second-order valence-corrected chi connectivity index (χ2v) is 6.87. The van der Waals surface area contributed by atoms with Crippen LogP contribution in [-0.4, -0.2) is 24.6 Å². The van der Waals surface area contributed by atoms with Gasteiger partial charge in [0.1, 0.15) is 10.8 Å². The molecule has 0 aliphatic heterocycles. The van der Waals surface area contributed by atoms with Crippen molar-refractivity contribution in [2.24, 2.45) is 0 Å². The van der Waals surface area contributed by atoms with E-state index in [9.17, 15) is 8.42 Å². The second-order valence-electron chi connectivity index (χ2n) is 4.11. The summed E-state index contributed by atoms with van der Waals surface area (Å²) in [6.45, 7) is 0.371. The van der Waals surface area contributed by atoms with Crippen LogP contribution in [0.15, 0.2) is 35.4 Å². The molecule has 5 nitrogen and oxygen atoms in total. The van der Waals surface area contributed by atoms with Gasteiger partial charge < -0.3 is 5.32 Å². The summed E-state index contributed by atoms with van der Waals surface area (Å²) >= 11 is 11.6. The van der Waals surface area contributed by atoms with Crippen LogP contribution in [0.2, 0.25) is 10.3 Å². The predicted octanol–water partition coefficient (Wildman–Crippen LogP) is 2.80. The van der Waals surface area contributed by atoms with Gasteiger partial charge in [-0.2, -0.15) is 4.98 Å². The first kappa shape index (κ1) is 15.0. The van der Waals surface area contributed by atoms with Crippen molar-refractivity contribution in [3.8, 4) is 0 Å². The fourth-order valence-corrected chi connectivity index (χ4v) is 2.52. The van der Waals surface area contributed by atoms with Crippen molar-refractivity contribution in [3.05, 3.63) is 46.3 Å². The van der Waals surface area contributed by atoms with Gasteiger partial charge in [0, 0.05) is 12.8 Å². The Hall–Kier alpha value is -1.37. The van der Waals surface area contributed by atoms with E-state index in [1.807, 2.05) is 0 Å². The number of nitrogens with one attached hydrogen (secondary N) is 1. The van der Waals surface area contributed by atoms with Gasteiger partial charge in [0.25, 0.3) is 0 Å². The molecule has 2 rings (SSSR count). The van der Waals surface area contributed by atoms with Crippen LogP contribution < -0.4 is 5.32 Å². The molecular weight excluding hydrogens is 321 g/mol. The molecule has 0 unspecified atom stereocenters. The number of sulfone groups is 1. The predicted molar refractivity (Wildman–Crippen MR) is 78.9 cm³/mol. The monoisotopic (exact) mass is 331 g/mol. The minimum Gasteiger partial charge on any atom is -0.365 e. The third kappa shape index (κ3) is 3.82. The lowest BCUT2D eigenvalue weighted by Gasteiger charge is -2.08. The van der Waals surface area contributed by atoms with Crippen LogP contribution in [0.4, 0.5) is 5.82 Å². The molecule has 1 N–H and O–H groups in total. The van der Waals surface area contributed by atoms with Gasteiger partial charge in [-0.25, -0.2) is 13.4 Å². The lowest BCUT2D eigenvalue weighted by Crippen LogP contribution is -2.04. The van der Waals surface area contributed by atoms with E-state index in [4.69, 9.17) is 23.2 Å². The van der Waals surface area contributed by atoms with Gasteiger partial charge in [0.2, 0.25) is 5.28 Å². The molecule has 2 aromatic rings. The molecule has 0 spiro atoms. The highest BCUT2D eigenvalue weighted by Gasteiger charge is 2.08. The largest absolute Gasteiger partial charge is 0.365 e. The van der Waals surface area contributed by atoms with Crippen molar-refractivity contribution in [2.45, 2.75) is 11.4 Å². The average molecular weight is 332 g/mol. The molecule has 1 aromatic heterocycles. The minimum absolute atomic E-state index is 0.0850. The van der Waals surface area contributed by atoms with E-state index in [-0.39, 0.29) is 10.2 Å². The number of hydrogen-bond donors (Lipinski definition) is 1. The molecule has 0 amide bonds. The maximum atomic E-state index is 11.5. The molecule has 0 fully saturated rings. The van der Waals surface area contributed by atoms with Crippen LogP contribution in [0.25, 0.3) is 0 Å². The summed E-state index contributed by atoms with van der Waals surface area (Å²) in [4.78, 5) is 7.96. The summed E-state index contributed by atoms with van der Waals surface area (Å²) in [5, 5.41) is 3.41. The Morgan fingerprint density at radius 2 is 2.05 bits per heavy atom. The minimum atomic E-state index is -3.22. The zero-order valence-corrected chi connectivity index (χ0v) is 12.8. The van der Waals surface area contributed by atoms with Crippen LogP contribution in [0, 0.1) is 0 Å². The molecule has 0 aliphatic rings. The van der Waals surface area contributed by atoms with Crippen LogP contribution in [0.5, 0.6) is 0 Å². The molecule has 0 atom stereocenters. The summed E-state index contributed by atoms with van der Waals surface area (Å²) < 4.78 is 23.0. The molecule has 0 saturated carbocycles. The number of rotatable bonds is 4. The van der Waals surface area contributed by atoms with Crippen LogP contribution in [0.1, 0.15) is 5.56 Å². The maximum absolute atomic E-state index is 11.5. The van der Waals surface area contributed by atoms with Gasteiger partial charge in [-0.15, -0.1) is 0 Å². The normalized spacial score (nSPS) is 11.3. The number of benzene rings is 1. The van der Waals surface area contributed by atoms with Crippen molar-refractivity contribution in [3.63, 3.8) is 0 Å². The van der Waals surface area contributed by atoms with Gasteiger partial charge >= 0.3 is 0 Å². The molecule has 20 heavy (non-hydrogen) atoms. The quantitative estimate of drug-likeness (QED) is 0.872. The van der Waals surface area contributed by atoms with E-state index in [0.717, 1.165) is 5.56 Å². The van der Waals surface area contributed by atoms with Crippen molar-refractivity contribution < 1.29 is 8.42 Å². The lowest BCUT2D eigenvalue weighted by molar-refractivity contribution is 0.602. The lowest BCUT2D eigenvalue weighted by atomic mass is 10.2. The van der Waals surface area contributed by atoms with Gasteiger partial charge in [-0.3, -0.25) is 0 Å². The second kappa shape index (κ2) is 5.95. The molecular formula is C12H11Cl2N3O2S. The van der Waals surface area contributed by atoms with Crippen LogP contribution in [-0.2, 0) is 16.4 Å². The van der Waals surface area contributed by atoms with Crippen molar-refractivity contribution >= 4 is 38.9 Å². The number of hydrogen-bond acceptors (Lipinski definition) is 5. The molecule has 0 saturated heterocycles. The molecule has 8 heteroatoms. The van der Waals surface area contributed by atoms with Crippen molar-refractivity contribution in [1.82, 2.24) is 9.97 Å². The van der Waals surface area contributed by atoms with E-state index in [2.05, 4.69) is 15.3 Å². The third-order valence-corrected chi connectivity index (χ3v) is 4.07. The Balaban J connectivity index is 2.17.